The smallest absolute Gasteiger partial charge is 0.218 e. The Hall–Kier alpha value is -2.56. The zero-order chi connectivity index (χ0) is 19.3. The number of fused-ring (bicyclic) bond motifs is 3. The van der Waals surface area contributed by atoms with E-state index in [-0.39, 0.29) is 6.04 Å². The minimum Gasteiger partial charge on any atom is -0.464 e. The molecule has 140 valence electrons. The minimum atomic E-state index is -0.738. The van der Waals surface area contributed by atoms with Crippen molar-refractivity contribution in [3.8, 4) is 5.75 Å². The van der Waals surface area contributed by atoms with Crippen molar-refractivity contribution in [2.75, 3.05) is 0 Å². The minimum absolute atomic E-state index is 0.0590. The Morgan fingerprint density at radius 3 is 2.54 bits per heavy atom. The van der Waals surface area contributed by atoms with Gasteiger partial charge < -0.3 is 4.74 Å². The Morgan fingerprint density at radius 2 is 1.75 bits per heavy atom. The number of hydrogen-bond donors (Lipinski definition) is 0. The second-order valence-electron chi connectivity index (χ2n) is 6.80. The molecule has 0 aliphatic carbocycles. The predicted molar refractivity (Wildman–Crippen MR) is 108 cm³/mol. The van der Waals surface area contributed by atoms with Crippen molar-refractivity contribution in [1.82, 2.24) is 5.01 Å². The number of halogens is 3. The Kier molecular flexibility index (Phi) is 4.26. The maximum absolute atomic E-state index is 14.7. The number of benzene rings is 3. The topological polar surface area (TPSA) is 24.8 Å². The van der Waals surface area contributed by atoms with Crippen molar-refractivity contribution in [2.45, 2.75) is 18.7 Å². The maximum atomic E-state index is 14.7. The van der Waals surface area contributed by atoms with Gasteiger partial charge in [0.2, 0.25) is 6.23 Å². The maximum Gasteiger partial charge on any atom is 0.218 e. The Labute approximate surface area is 172 Å². The standard InChI is InChI=1S/C22H15Cl2FN2O/c23-14-10-8-13(9-11-14)18-12-19-15-4-1-2-7-20(15)28-22(27(19)26-18)21-16(24)5-3-6-17(21)25/h1-11,19,22H,12H2/t19-,22+/m1/s1. The lowest BCUT2D eigenvalue weighted by atomic mass is 9.96. The van der Waals surface area contributed by atoms with Gasteiger partial charge in [0.25, 0.3) is 0 Å². The van der Waals surface area contributed by atoms with E-state index in [9.17, 15) is 4.39 Å². The summed E-state index contributed by atoms with van der Waals surface area (Å²) in [7, 11) is 0. The monoisotopic (exact) mass is 412 g/mol. The van der Waals surface area contributed by atoms with Crippen LogP contribution >= 0.6 is 23.2 Å². The van der Waals surface area contributed by atoms with Gasteiger partial charge in [-0.25, -0.2) is 9.40 Å². The van der Waals surface area contributed by atoms with Gasteiger partial charge in [-0.3, -0.25) is 0 Å². The lowest BCUT2D eigenvalue weighted by Crippen LogP contribution is -2.34. The molecule has 0 unspecified atom stereocenters. The fourth-order valence-electron chi connectivity index (χ4n) is 3.79. The highest BCUT2D eigenvalue weighted by Crippen LogP contribution is 2.48. The molecule has 0 saturated heterocycles. The third-order valence-electron chi connectivity index (χ3n) is 5.12. The third-order valence-corrected chi connectivity index (χ3v) is 5.70. The zero-order valence-electron chi connectivity index (χ0n) is 14.6. The lowest BCUT2D eigenvalue weighted by molar-refractivity contribution is -0.0211. The van der Waals surface area contributed by atoms with Crippen LogP contribution in [0.1, 0.15) is 35.4 Å². The van der Waals surface area contributed by atoms with Gasteiger partial charge >= 0.3 is 0 Å². The molecule has 0 spiro atoms. The first kappa shape index (κ1) is 17.5. The molecular formula is C22H15Cl2FN2O. The lowest BCUT2D eigenvalue weighted by Gasteiger charge is -2.38. The van der Waals surface area contributed by atoms with Crippen LogP contribution in [0.25, 0.3) is 0 Å². The molecule has 0 aromatic heterocycles. The first-order chi connectivity index (χ1) is 13.6. The van der Waals surface area contributed by atoms with E-state index >= 15 is 0 Å². The summed E-state index contributed by atoms with van der Waals surface area (Å²) in [5, 5.41) is 7.61. The molecule has 28 heavy (non-hydrogen) atoms. The molecule has 2 aliphatic heterocycles. The Bertz CT molecular complexity index is 1060. The highest BCUT2D eigenvalue weighted by atomic mass is 35.5. The van der Waals surface area contributed by atoms with E-state index in [1.54, 1.807) is 12.1 Å². The van der Waals surface area contributed by atoms with Crippen LogP contribution in [0.4, 0.5) is 4.39 Å². The molecule has 0 bridgehead atoms. The molecular weight excluding hydrogens is 398 g/mol. The van der Waals surface area contributed by atoms with E-state index in [4.69, 9.17) is 33.0 Å². The summed E-state index contributed by atoms with van der Waals surface area (Å²) in [6.07, 6.45) is -0.0525. The van der Waals surface area contributed by atoms with Crippen LogP contribution in [0, 0.1) is 5.82 Å². The van der Waals surface area contributed by atoms with Crippen molar-refractivity contribution in [3.05, 3.63) is 99.3 Å². The van der Waals surface area contributed by atoms with E-state index in [1.165, 1.54) is 6.07 Å². The summed E-state index contributed by atoms with van der Waals surface area (Å²) < 4.78 is 20.8. The summed E-state index contributed by atoms with van der Waals surface area (Å²) in [6, 6.07) is 19.9. The largest absolute Gasteiger partial charge is 0.464 e. The number of rotatable bonds is 2. The molecule has 6 heteroatoms. The van der Waals surface area contributed by atoms with Crippen molar-refractivity contribution < 1.29 is 9.13 Å². The van der Waals surface area contributed by atoms with Crippen molar-refractivity contribution in [3.63, 3.8) is 0 Å². The highest BCUT2D eigenvalue weighted by molar-refractivity contribution is 6.31. The molecule has 0 amide bonds. The van der Waals surface area contributed by atoms with E-state index < -0.39 is 12.0 Å². The Balaban J connectivity index is 1.63. The van der Waals surface area contributed by atoms with Gasteiger partial charge in [0.15, 0.2) is 0 Å². The van der Waals surface area contributed by atoms with E-state index in [0.717, 1.165) is 22.6 Å². The third kappa shape index (κ3) is 2.84. The van der Waals surface area contributed by atoms with Crippen molar-refractivity contribution in [2.24, 2.45) is 5.10 Å². The molecule has 2 aliphatic rings. The van der Waals surface area contributed by atoms with Gasteiger partial charge in [-0.2, -0.15) is 5.10 Å². The molecule has 0 N–H and O–H groups in total. The first-order valence-electron chi connectivity index (χ1n) is 8.93. The van der Waals surface area contributed by atoms with Crippen molar-refractivity contribution in [1.29, 1.82) is 0 Å². The van der Waals surface area contributed by atoms with Gasteiger partial charge in [0, 0.05) is 17.0 Å². The molecule has 2 heterocycles. The van der Waals surface area contributed by atoms with Crippen LogP contribution in [-0.2, 0) is 0 Å². The quantitative estimate of drug-likeness (QED) is 0.487. The SMILES string of the molecule is Fc1cccc(Cl)c1[C@@H]1Oc2ccccc2[C@H]2CC(c3ccc(Cl)cc3)=NN21. The number of nitrogens with zero attached hydrogens (tertiary/aromatic N) is 2. The normalized spacial score (nSPS) is 20.2. The van der Waals surface area contributed by atoms with Crippen molar-refractivity contribution >= 4 is 28.9 Å². The van der Waals surface area contributed by atoms with Gasteiger partial charge in [-0.15, -0.1) is 0 Å². The number of para-hydroxylation sites is 1. The van der Waals surface area contributed by atoms with Crippen LogP contribution in [-0.4, -0.2) is 10.7 Å². The van der Waals surface area contributed by atoms with Gasteiger partial charge in [-0.05, 0) is 35.9 Å². The van der Waals surface area contributed by atoms with E-state index in [1.807, 2.05) is 53.5 Å². The van der Waals surface area contributed by atoms with Crippen LogP contribution in [0.15, 0.2) is 71.8 Å². The number of ether oxygens (including phenoxy) is 1. The summed E-state index contributed by atoms with van der Waals surface area (Å²) >= 11 is 12.4. The van der Waals surface area contributed by atoms with Crippen LogP contribution < -0.4 is 4.74 Å². The molecule has 3 nitrogen and oxygen atoms in total. The van der Waals surface area contributed by atoms with Gasteiger partial charge in [0.1, 0.15) is 11.6 Å². The number of hydrogen-bond acceptors (Lipinski definition) is 3. The van der Waals surface area contributed by atoms with E-state index in [2.05, 4.69) is 0 Å². The average Bonchev–Trinajstić information content (AvgIpc) is 3.14. The summed E-state index contributed by atoms with van der Waals surface area (Å²) in [5.41, 5.74) is 3.21. The van der Waals surface area contributed by atoms with Crippen LogP contribution in [0.5, 0.6) is 5.75 Å². The second kappa shape index (κ2) is 6.80. The molecule has 0 radical (unpaired) electrons. The van der Waals surface area contributed by atoms with Crippen LogP contribution in [0.2, 0.25) is 10.0 Å². The van der Waals surface area contributed by atoms with E-state index in [0.29, 0.717) is 22.0 Å². The highest BCUT2D eigenvalue weighted by Gasteiger charge is 2.42. The molecule has 3 aromatic carbocycles. The van der Waals surface area contributed by atoms with Gasteiger partial charge in [0.05, 0.1) is 22.3 Å². The molecule has 0 saturated carbocycles. The zero-order valence-corrected chi connectivity index (χ0v) is 16.2. The first-order valence-corrected chi connectivity index (χ1v) is 9.68. The second-order valence-corrected chi connectivity index (χ2v) is 7.64. The fourth-order valence-corrected chi connectivity index (χ4v) is 4.17. The average molecular weight is 413 g/mol. The molecule has 3 aromatic rings. The molecule has 0 fully saturated rings. The summed E-state index contributed by atoms with van der Waals surface area (Å²) in [4.78, 5) is 0. The van der Waals surface area contributed by atoms with Gasteiger partial charge in [-0.1, -0.05) is 59.6 Å². The molecule has 2 atom stereocenters. The van der Waals surface area contributed by atoms with Crippen LogP contribution in [0.3, 0.4) is 0 Å². The summed E-state index contributed by atoms with van der Waals surface area (Å²) in [6.45, 7) is 0. The predicted octanol–water partition coefficient (Wildman–Crippen LogP) is 6.37. The molecule has 5 rings (SSSR count). The summed E-state index contributed by atoms with van der Waals surface area (Å²) in [5.74, 6) is 0.311. The Morgan fingerprint density at radius 1 is 0.964 bits per heavy atom. The fraction of sp³-hybridized carbons (Fsp3) is 0.136. The number of hydrazone groups is 1.